The zero-order chi connectivity index (χ0) is 15.5. The van der Waals surface area contributed by atoms with Crippen molar-refractivity contribution < 1.29 is 8.42 Å². The molecule has 0 aromatic carbocycles. The SMILES string of the molecule is CCNCc1cnc(C)cc1N1CCN(S(C)(=O)=O)CC1. The van der Waals surface area contributed by atoms with E-state index in [1.54, 1.807) is 4.31 Å². The van der Waals surface area contributed by atoms with Gasteiger partial charge in [-0.05, 0) is 19.5 Å². The van der Waals surface area contributed by atoms with Crippen LogP contribution in [-0.4, -0.2) is 56.7 Å². The molecular weight excluding hydrogens is 288 g/mol. The minimum Gasteiger partial charge on any atom is -0.369 e. The molecule has 2 rings (SSSR count). The van der Waals surface area contributed by atoms with Crippen LogP contribution in [0.2, 0.25) is 0 Å². The number of rotatable bonds is 5. The van der Waals surface area contributed by atoms with Crippen molar-refractivity contribution in [2.24, 2.45) is 0 Å². The first-order valence-corrected chi connectivity index (χ1v) is 9.13. The molecule has 0 amide bonds. The van der Waals surface area contributed by atoms with E-state index in [0.29, 0.717) is 13.1 Å². The smallest absolute Gasteiger partial charge is 0.211 e. The first-order chi connectivity index (χ1) is 9.91. The summed E-state index contributed by atoms with van der Waals surface area (Å²) < 4.78 is 24.7. The van der Waals surface area contributed by atoms with Crippen LogP contribution in [0.25, 0.3) is 0 Å². The van der Waals surface area contributed by atoms with Gasteiger partial charge in [-0.15, -0.1) is 0 Å². The van der Waals surface area contributed by atoms with Crippen molar-refractivity contribution in [2.75, 3.05) is 43.9 Å². The molecule has 0 saturated carbocycles. The number of nitrogens with one attached hydrogen (secondary N) is 1. The average molecular weight is 312 g/mol. The van der Waals surface area contributed by atoms with Crippen LogP contribution >= 0.6 is 0 Å². The third kappa shape index (κ3) is 4.15. The Labute approximate surface area is 127 Å². The highest BCUT2D eigenvalue weighted by Crippen LogP contribution is 2.23. The van der Waals surface area contributed by atoms with Gasteiger partial charge >= 0.3 is 0 Å². The molecule has 118 valence electrons. The Morgan fingerprint density at radius 1 is 1.29 bits per heavy atom. The molecule has 1 aliphatic rings. The zero-order valence-corrected chi connectivity index (χ0v) is 13.8. The predicted octanol–water partition coefficient (Wildman–Crippen LogP) is 0.581. The van der Waals surface area contributed by atoms with E-state index < -0.39 is 10.0 Å². The van der Waals surface area contributed by atoms with Crippen LogP contribution in [0.5, 0.6) is 0 Å². The Morgan fingerprint density at radius 3 is 2.52 bits per heavy atom. The van der Waals surface area contributed by atoms with Crippen LogP contribution in [0.15, 0.2) is 12.3 Å². The standard InChI is InChI=1S/C14H24N4O2S/c1-4-15-10-13-11-16-12(2)9-14(13)17-5-7-18(8-6-17)21(3,19)20/h9,11,15H,4-8,10H2,1-3H3. The molecule has 0 aliphatic carbocycles. The molecule has 1 aromatic heterocycles. The Kier molecular flexibility index (Phi) is 5.18. The van der Waals surface area contributed by atoms with E-state index in [0.717, 1.165) is 43.1 Å². The maximum absolute atomic E-state index is 11.6. The van der Waals surface area contributed by atoms with Crippen molar-refractivity contribution in [1.29, 1.82) is 0 Å². The summed E-state index contributed by atoms with van der Waals surface area (Å²) >= 11 is 0. The summed E-state index contributed by atoms with van der Waals surface area (Å²) in [6.45, 7) is 8.27. The number of sulfonamides is 1. The molecule has 1 fully saturated rings. The van der Waals surface area contributed by atoms with Crippen molar-refractivity contribution in [3.63, 3.8) is 0 Å². The first-order valence-electron chi connectivity index (χ1n) is 7.28. The zero-order valence-electron chi connectivity index (χ0n) is 13.0. The number of anilines is 1. The quantitative estimate of drug-likeness (QED) is 0.861. The highest BCUT2D eigenvalue weighted by molar-refractivity contribution is 7.88. The van der Waals surface area contributed by atoms with Gasteiger partial charge in [0, 0.05) is 55.9 Å². The number of pyridine rings is 1. The molecule has 0 atom stereocenters. The second-order valence-corrected chi connectivity index (χ2v) is 7.37. The monoisotopic (exact) mass is 312 g/mol. The summed E-state index contributed by atoms with van der Waals surface area (Å²) in [5.41, 5.74) is 3.31. The molecule has 1 saturated heterocycles. The second kappa shape index (κ2) is 6.72. The first kappa shape index (κ1) is 16.2. The lowest BCUT2D eigenvalue weighted by atomic mass is 10.1. The normalized spacial score (nSPS) is 17.2. The number of hydrogen-bond acceptors (Lipinski definition) is 5. The van der Waals surface area contributed by atoms with Crippen LogP contribution in [0.1, 0.15) is 18.2 Å². The van der Waals surface area contributed by atoms with Gasteiger partial charge in [-0.1, -0.05) is 6.92 Å². The molecule has 0 unspecified atom stereocenters. The fourth-order valence-corrected chi connectivity index (χ4v) is 3.35. The van der Waals surface area contributed by atoms with E-state index in [9.17, 15) is 8.42 Å². The van der Waals surface area contributed by atoms with Gasteiger partial charge in [0.25, 0.3) is 0 Å². The van der Waals surface area contributed by atoms with E-state index in [1.807, 2.05) is 13.1 Å². The maximum Gasteiger partial charge on any atom is 0.211 e. The molecule has 1 aromatic rings. The molecule has 0 bridgehead atoms. The highest BCUT2D eigenvalue weighted by Gasteiger charge is 2.24. The summed E-state index contributed by atoms with van der Waals surface area (Å²) in [4.78, 5) is 6.62. The van der Waals surface area contributed by atoms with Crippen LogP contribution in [-0.2, 0) is 16.6 Å². The van der Waals surface area contributed by atoms with Crippen molar-refractivity contribution >= 4 is 15.7 Å². The molecule has 0 radical (unpaired) electrons. The molecule has 6 nitrogen and oxygen atoms in total. The largest absolute Gasteiger partial charge is 0.369 e. The van der Waals surface area contributed by atoms with Crippen molar-refractivity contribution in [1.82, 2.24) is 14.6 Å². The molecule has 7 heteroatoms. The fraction of sp³-hybridized carbons (Fsp3) is 0.643. The maximum atomic E-state index is 11.6. The topological polar surface area (TPSA) is 65.5 Å². The average Bonchev–Trinajstić information content (AvgIpc) is 2.45. The summed E-state index contributed by atoms with van der Waals surface area (Å²) in [6, 6.07) is 2.09. The summed E-state index contributed by atoms with van der Waals surface area (Å²) in [6.07, 6.45) is 3.19. The lowest BCUT2D eigenvalue weighted by Gasteiger charge is -2.35. The molecule has 0 spiro atoms. The summed E-state index contributed by atoms with van der Waals surface area (Å²) in [5.74, 6) is 0. The minimum absolute atomic E-state index is 0.543. The van der Waals surface area contributed by atoms with Crippen molar-refractivity contribution in [3.05, 3.63) is 23.5 Å². The van der Waals surface area contributed by atoms with E-state index in [-0.39, 0.29) is 0 Å². The van der Waals surface area contributed by atoms with Gasteiger partial charge in [-0.3, -0.25) is 4.98 Å². The third-order valence-electron chi connectivity index (χ3n) is 3.71. The van der Waals surface area contributed by atoms with Gasteiger partial charge in [0.1, 0.15) is 0 Å². The number of aromatic nitrogens is 1. The highest BCUT2D eigenvalue weighted by atomic mass is 32.2. The van der Waals surface area contributed by atoms with Gasteiger partial charge in [0.05, 0.1) is 6.26 Å². The van der Waals surface area contributed by atoms with Gasteiger partial charge in [0.15, 0.2) is 0 Å². The molecule has 2 heterocycles. The predicted molar refractivity (Wildman–Crippen MR) is 85.0 cm³/mol. The van der Waals surface area contributed by atoms with Crippen LogP contribution < -0.4 is 10.2 Å². The van der Waals surface area contributed by atoms with E-state index in [2.05, 4.69) is 28.2 Å². The van der Waals surface area contributed by atoms with Crippen LogP contribution in [0.3, 0.4) is 0 Å². The minimum atomic E-state index is -3.08. The molecule has 1 aliphatic heterocycles. The fourth-order valence-electron chi connectivity index (χ4n) is 2.52. The molecular formula is C14H24N4O2S. The van der Waals surface area contributed by atoms with Gasteiger partial charge in [0.2, 0.25) is 10.0 Å². The van der Waals surface area contributed by atoms with Gasteiger partial charge in [-0.25, -0.2) is 8.42 Å². The Morgan fingerprint density at radius 2 is 1.95 bits per heavy atom. The summed E-state index contributed by atoms with van der Waals surface area (Å²) in [7, 11) is -3.08. The van der Waals surface area contributed by atoms with Crippen LogP contribution in [0, 0.1) is 6.92 Å². The van der Waals surface area contributed by atoms with Crippen molar-refractivity contribution in [2.45, 2.75) is 20.4 Å². The Balaban J connectivity index is 2.13. The summed E-state index contributed by atoms with van der Waals surface area (Å²) in [5, 5.41) is 3.32. The van der Waals surface area contributed by atoms with Gasteiger partial charge in [-0.2, -0.15) is 4.31 Å². The van der Waals surface area contributed by atoms with E-state index >= 15 is 0 Å². The Bertz CT molecular complexity index is 581. The number of piperazine rings is 1. The number of hydrogen-bond donors (Lipinski definition) is 1. The number of aryl methyl sites for hydroxylation is 1. The van der Waals surface area contributed by atoms with Crippen molar-refractivity contribution in [3.8, 4) is 0 Å². The lowest BCUT2D eigenvalue weighted by molar-refractivity contribution is 0.387. The second-order valence-electron chi connectivity index (χ2n) is 5.38. The van der Waals surface area contributed by atoms with Gasteiger partial charge < -0.3 is 10.2 Å². The third-order valence-corrected chi connectivity index (χ3v) is 5.02. The van der Waals surface area contributed by atoms with E-state index in [4.69, 9.17) is 0 Å². The van der Waals surface area contributed by atoms with Crippen LogP contribution in [0.4, 0.5) is 5.69 Å². The Hall–Kier alpha value is -1.18. The lowest BCUT2D eigenvalue weighted by Crippen LogP contribution is -2.48. The van der Waals surface area contributed by atoms with E-state index in [1.165, 1.54) is 6.26 Å². The number of nitrogens with zero attached hydrogens (tertiary/aromatic N) is 3. The molecule has 1 N–H and O–H groups in total. The molecule has 21 heavy (non-hydrogen) atoms.